The molecule has 2 rings (SSSR count). The molecule has 0 bridgehead atoms. The van der Waals surface area contributed by atoms with Gasteiger partial charge in [0.1, 0.15) is 0 Å². The van der Waals surface area contributed by atoms with Crippen molar-refractivity contribution in [3.63, 3.8) is 0 Å². The van der Waals surface area contributed by atoms with Crippen LogP contribution in [0.4, 0.5) is 5.69 Å². The Morgan fingerprint density at radius 3 is 2.48 bits per heavy atom. The topological polar surface area (TPSA) is 58.2 Å². The first-order chi connectivity index (χ1) is 11.0. The van der Waals surface area contributed by atoms with Crippen LogP contribution >= 0.6 is 11.6 Å². The Hall–Kier alpha value is -2.33. The summed E-state index contributed by atoms with van der Waals surface area (Å²) < 4.78 is 0. The van der Waals surface area contributed by atoms with E-state index in [0.717, 1.165) is 11.1 Å². The van der Waals surface area contributed by atoms with Crippen LogP contribution in [0, 0.1) is 13.8 Å². The van der Waals surface area contributed by atoms with E-state index in [1.807, 2.05) is 38.1 Å². The predicted molar refractivity (Wildman–Crippen MR) is 92.9 cm³/mol. The minimum Gasteiger partial charge on any atom is -0.352 e. The number of hydrogen-bond donors (Lipinski definition) is 2. The van der Waals surface area contributed by atoms with Crippen molar-refractivity contribution in [3.05, 3.63) is 64.2 Å². The Kier molecular flexibility index (Phi) is 5.77. The van der Waals surface area contributed by atoms with Gasteiger partial charge in [-0.1, -0.05) is 35.4 Å². The molecule has 23 heavy (non-hydrogen) atoms. The molecule has 2 aromatic carbocycles. The Morgan fingerprint density at radius 1 is 1.04 bits per heavy atom. The minimum absolute atomic E-state index is 0.182. The van der Waals surface area contributed by atoms with Gasteiger partial charge in [-0.25, -0.2) is 0 Å². The summed E-state index contributed by atoms with van der Waals surface area (Å²) in [5.41, 5.74) is 3.21. The van der Waals surface area contributed by atoms with E-state index >= 15 is 0 Å². The van der Waals surface area contributed by atoms with Crippen molar-refractivity contribution in [1.82, 2.24) is 5.32 Å². The minimum atomic E-state index is -0.194. The average molecular weight is 331 g/mol. The van der Waals surface area contributed by atoms with Gasteiger partial charge in [0.15, 0.2) is 0 Å². The maximum atomic E-state index is 12.0. The molecule has 120 valence electrons. The number of halogens is 1. The van der Waals surface area contributed by atoms with Crippen LogP contribution in [-0.4, -0.2) is 18.4 Å². The number of carbonyl (C=O) groups is 2. The molecule has 0 heterocycles. The molecule has 0 saturated carbocycles. The molecule has 2 aromatic rings. The van der Waals surface area contributed by atoms with Gasteiger partial charge in [-0.05, 0) is 43.7 Å². The van der Waals surface area contributed by atoms with Gasteiger partial charge in [-0.3, -0.25) is 9.59 Å². The monoisotopic (exact) mass is 330 g/mol. The third kappa shape index (κ3) is 5.11. The quantitative estimate of drug-likeness (QED) is 0.878. The second-order valence-electron chi connectivity index (χ2n) is 5.41. The molecule has 4 nitrogen and oxygen atoms in total. The smallest absolute Gasteiger partial charge is 0.251 e. The van der Waals surface area contributed by atoms with Crippen LogP contribution in [0.1, 0.15) is 27.9 Å². The lowest BCUT2D eigenvalue weighted by Crippen LogP contribution is -2.27. The van der Waals surface area contributed by atoms with Crippen LogP contribution in [0.3, 0.4) is 0 Å². The highest BCUT2D eigenvalue weighted by atomic mass is 35.5. The summed E-state index contributed by atoms with van der Waals surface area (Å²) in [5, 5.41) is 5.97. The Bertz CT molecular complexity index is 729. The van der Waals surface area contributed by atoms with Gasteiger partial charge >= 0.3 is 0 Å². The second-order valence-corrected chi connectivity index (χ2v) is 5.81. The van der Waals surface area contributed by atoms with Crippen LogP contribution < -0.4 is 10.6 Å². The van der Waals surface area contributed by atoms with E-state index in [9.17, 15) is 9.59 Å². The lowest BCUT2D eigenvalue weighted by atomic mass is 10.1. The summed E-state index contributed by atoms with van der Waals surface area (Å²) in [6.07, 6.45) is 0.182. The molecular formula is C18H19ClN2O2. The fourth-order valence-electron chi connectivity index (χ4n) is 2.11. The number of benzene rings is 2. The molecule has 0 aromatic heterocycles. The maximum absolute atomic E-state index is 12.0. The first-order valence-corrected chi connectivity index (χ1v) is 7.74. The van der Waals surface area contributed by atoms with Gasteiger partial charge in [0.25, 0.3) is 5.91 Å². The van der Waals surface area contributed by atoms with Gasteiger partial charge in [0.2, 0.25) is 5.91 Å². The summed E-state index contributed by atoms with van der Waals surface area (Å²) in [4.78, 5) is 23.9. The molecule has 0 atom stereocenters. The predicted octanol–water partition coefficient (Wildman–Crippen LogP) is 3.72. The van der Waals surface area contributed by atoms with Crippen molar-refractivity contribution < 1.29 is 9.59 Å². The van der Waals surface area contributed by atoms with Crippen molar-refractivity contribution >= 4 is 29.1 Å². The molecule has 0 saturated heterocycles. The van der Waals surface area contributed by atoms with Crippen molar-refractivity contribution in [1.29, 1.82) is 0 Å². The van der Waals surface area contributed by atoms with E-state index in [4.69, 9.17) is 11.6 Å². The summed E-state index contributed by atoms with van der Waals surface area (Å²) in [6, 6.07) is 12.7. The first kappa shape index (κ1) is 17.0. The van der Waals surface area contributed by atoms with Crippen LogP contribution in [0.25, 0.3) is 0 Å². The number of anilines is 1. The van der Waals surface area contributed by atoms with E-state index in [2.05, 4.69) is 10.6 Å². The number of carbonyl (C=O) groups excluding carboxylic acids is 2. The number of rotatable bonds is 5. The molecule has 5 heteroatoms. The standard InChI is InChI=1S/C18H19ClN2O2/c1-12-4-3-5-14(10-12)18(23)20-9-8-17(22)21-16-7-6-13(2)11-15(16)19/h3-7,10-11H,8-9H2,1-2H3,(H,20,23)(H,21,22). The Labute approximate surface area is 140 Å². The van der Waals surface area contributed by atoms with Crippen molar-refractivity contribution in [3.8, 4) is 0 Å². The van der Waals surface area contributed by atoms with Crippen LogP contribution in [0.5, 0.6) is 0 Å². The first-order valence-electron chi connectivity index (χ1n) is 7.36. The summed E-state index contributed by atoms with van der Waals surface area (Å²) in [5.74, 6) is -0.379. The molecule has 0 fully saturated rings. The van der Waals surface area contributed by atoms with Crippen LogP contribution in [-0.2, 0) is 4.79 Å². The molecule has 0 aliphatic rings. The zero-order valence-electron chi connectivity index (χ0n) is 13.2. The zero-order valence-corrected chi connectivity index (χ0v) is 13.9. The SMILES string of the molecule is Cc1cccc(C(=O)NCCC(=O)Nc2ccc(C)cc2Cl)c1. The van der Waals surface area contributed by atoms with Gasteiger partial charge in [-0.2, -0.15) is 0 Å². The zero-order chi connectivity index (χ0) is 16.8. The average Bonchev–Trinajstić information content (AvgIpc) is 2.50. The third-order valence-electron chi connectivity index (χ3n) is 3.32. The van der Waals surface area contributed by atoms with Crippen molar-refractivity contribution in [2.45, 2.75) is 20.3 Å². The van der Waals surface area contributed by atoms with E-state index in [-0.39, 0.29) is 24.8 Å². The van der Waals surface area contributed by atoms with Crippen LogP contribution in [0.15, 0.2) is 42.5 Å². The van der Waals surface area contributed by atoms with E-state index in [1.165, 1.54) is 0 Å². The number of aryl methyl sites for hydroxylation is 2. The van der Waals surface area contributed by atoms with E-state index in [0.29, 0.717) is 16.3 Å². The highest BCUT2D eigenvalue weighted by Crippen LogP contribution is 2.22. The molecule has 0 aliphatic carbocycles. The molecular weight excluding hydrogens is 312 g/mol. The largest absolute Gasteiger partial charge is 0.352 e. The number of nitrogens with one attached hydrogen (secondary N) is 2. The molecule has 2 amide bonds. The van der Waals surface area contributed by atoms with Gasteiger partial charge in [0, 0.05) is 18.5 Å². The lowest BCUT2D eigenvalue weighted by Gasteiger charge is -2.09. The third-order valence-corrected chi connectivity index (χ3v) is 3.63. The molecule has 2 N–H and O–H groups in total. The van der Waals surface area contributed by atoms with Gasteiger partial charge < -0.3 is 10.6 Å². The molecule has 0 unspecified atom stereocenters. The number of hydrogen-bond acceptors (Lipinski definition) is 2. The van der Waals surface area contributed by atoms with Gasteiger partial charge in [-0.15, -0.1) is 0 Å². The summed E-state index contributed by atoms with van der Waals surface area (Å²) >= 11 is 6.07. The highest BCUT2D eigenvalue weighted by Gasteiger charge is 2.08. The molecule has 0 aliphatic heterocycles. The Morgan fingerprint density at radius 2 is 1.78 bits per heavy atom. The van der Waals surface area contributed by atoms with E-state index in [1.54, 1.807) is 18.2 Å². The molecule has 0 spiro atoms. The highest BCUT2D eigenvalue weighted by molar-refractivity contribution is 6.33. The summed E-state index contributed by atoms with van der Waals surface area (Å²) in [6.45, 7) is 4.12. The Balaban J connectivity index is 1.81. The second kappa shape index (κ2) is 7.79. The van der Waals surface area contributed by atoms with Crippen LogP contribution in [0.2, 0.25) is 5.02 Å². The van der Waals surface area contributed by atoms with Crippen molar-refractivity contribution in [2.75, 3.05) is 11.9 Å². The molecule has 0 radical (unpaired) electrons. The summed E-state index contributed by atoms with van der Waals surface area (Å²) in [7, 11) is 0. The van der Waals surface area contributed by atoms with Gasteiger partial charge in [0.05, 0.1) is 10.7 Å². The van der Waals surface area contributed by atoms with E-state index < -0.39 is 0 Å². The fraction of sp³-hybridized carbons (Fsp3) is 0.222. The fourth-order valence-corrected chi connectivity index (χ4v) is 2.39. The normalized spacial score (nSPS) is 10.2. The maximum Gasteiger partial charge on any atom is 0.251 e. The lowest BCUT2D eigenvalue weighted by molar-refractivity contribution is -0.116. The number of amides is 2. The van der Waals surface area contributed by atoms with Crippen molar-refractivity contribution in [2.24, 2.45) is 0 Å².